The van der Waals surface area contributed by atoms with Gasteiger partial charge in [0.15, 0.2) is 11.4 Å². The number of aromatic hydroxyl groups is 2. The molecule has 0 saturated heterocycles. The summed E-state index contributed by atoms with van der Waals surface area (Å²) in [7, 11) is 0. The molecule has 0 aliphatic rings. The van der Waals surface area contributed by atoms with E-state index in [-0.39, 0.29) is 36.0 Å². The zero-order valence-corrected chi connectivity index (χ0v) is 21.0. The van der Waals surface area contributed by atoms with Crippen molar-refractivity contribution in [3.05, 3.63) is 46.4 Å². The monoisotopic (exact) mass is 528 g/mol. The summed E-state index contributed by atoms with van der Waals surface area (Å²) in [6.07, 6.45) is -0.520. The van der Waals surface area contributed by atoms with E-state index in [1.807, 2.05) is 13.8 Å². The lowest BCUT2D eigenvalue weighted by Crippen LogP contribution is -1.98. The summed E-state index contributed by atoms with van der Waals surface area (Å²) >= 11 is 12.1. The minimum Gasteiger partial charge on any atom is -0.493 e. The first-order valence-electron chi connectivity index (χ1n) is 11.2. The van der Waals surface area contributed by atoms with E-state index in [9.17, 15) is 19.8 Å². The maximum absolute atomic E-state index is 12.2. The number of halogens is 2. The Hall–Kier alpha value is -3.76. The predicted octanol–water partition coefficient (Wildman–Crippen LogP) is 7.05. The highest BCUT2D eigenvalue weighted by Crippen LogP contribution is 2.41. The summed E-state index contributed by atoms with van der Waals surface area (Å²) in [6, 6.07) is 10.1. The summed E-state index contributed by atoms with van der Waals surface area (Å²) in [6.45, 7) is 4.67. The summed E-state index contributed by atoms with van der Waals surface area (Å²) in [5.74, 6) is -1.62. The fourth-order valence-corrected chi connectivity index (χ4v) is 4.30. The smallest absolute Gasteiger partial charge is 0.265 e. The minimum atomic E-state index is -0.672. The van der Waals surface area contributed by atoms with Gasteiger partial charge in [-0.15, -0.1) is 20.5 Å². The van der Waals surface area contributed by atoms with E-state index < -0.39 is 11.8 Å². The molecule has 36 heavy (non-hydrogen) atoms. The van der Waals surface area contributed by atoms with Crippen LogP contribution in [-0.4, -0.2) is 31.2 Å². The molecule has 12 heteroatoms. The Kier molecular flexibility index (Phi) is 7.37. The topological polar surface area (TPSA) is 134 Å². The third-order valence-corrected chi connectivity index (χ3v) is 6.12. The van der Waals surface area contributed by atoms with Gasteiger partial charge in [0.2, 0.25) is 11.8 Å². The molecule has 4 rings (SSSR count). The van der Waals surface area contributed by atoms with Gasteiger partial charge in [0.1, 0.15) is 0 Å². The highest BCUT2D eigenvalue weighted by molar-refractivity contribution is 6.32. The number of carbonyl (C=O) groups excluding carboxylic acids is 2. The number of hydrogen-bond acceptors (Lipinski definition) is 6. The van der Waals surface area contributed by atoms with Gasteiger partial charge >= 0.3 is 0 Å². The number of aryl methyl sites for hydroxylation is 2. The Balaban J connectivity index is 1.46. The number of fused-ring (bicyclic) bond motifs is 2. The Morgan fingerprint density at radius 1 is 0.750 bits per heavy atom. The Morgan fingerprint density at radius 3 is 1.50 bits per heavy atom. The molecule has 2 aromatic carbocycles. The van der Waals surface area contributed by atoms with E-state index in [1.165, 1.54) is 0 Å². The third kappa shape index (κ3) is 4.82. The molecule has 2 aromatic heterocycles. The van der Waals surface area contributed by atoms with Crippen molar-refractivity contribution in [2.45, 2.75) is 39.8 Å². The fraction of sp³-hybridized carbons (Fsp3) is 0.250. The molecule has 186 valence electrons. The lowest BCUT2D eigenvalue weighted by atomic mass is 10.2. The lowest BCUT2D eigenvalue weighted by Gasteiger charge is -2.01. The Bertz CT molecular complexity index is 1440. The van der Waals surface area contributed by atoms with Gasteiger partial charge < -0.3 is 19.3 Å². The number of hydrogen-bond donors (Lipinski definition) is 2. The maximum atomic E-state index is 12.2. The molecule has 2 N–H and O–H groups in total. The predicted molar refractivity (Wildman–Crippen MR) is 137 cm³/mol. The molecular formula is C24H22Cl2N6O4. The average molecular weight is 529 g/mol. The molecular weight excluding hydrogens is 507 g/mol. The molecule has 0 aliphatic heterocycles. The summed E-state index contributed by atoms with van der Waals surface area (Å²) in [4.78, 5) is 24.5. The van der Waals surface area contributed by atoms with Crippen LogP contribution in [0.25, 0.3) is 21.8 Å². The van der Waals surface area contributed by atoms with Crippen LogP contribution in [0.1, 0.15) is 26.7 Å². The largest absolute Gasteiger partial charge is 0.493 e. The van der Waals surface area contributed by atoms with Gasteiger partial charge in [-0.25, -0.2) is 0 Å². The maximum Gasteiger partial charge on any atom is 0.265 e. The zero-order chi connectivity index (χ0) is 26.0. The molecule has 0 spiro atoms. The van der Waals surface area contributed by atoms with Crippen LogP contribution in [0.2, 0.25) is 10.0 Å². The highest BCUT2D eigenvalue weighted by Gasteiger charge is 2.18. The van der Waals surface area contributed by atoms with Gasteiger partial charge in [-0.2, -0.15) is 0 Å². The number of aromatic nitrogens is 2. The first kappa shape index (κ1) is 25.3. The van der Waals surface area contributed by atoms with Gasteiger partial charge in [-0.05, 0) is 50.2 Å². The number of amides is 2. The van der Waals surface area contributed by atoms with Crippen molar-refractivity contribution in [3.63, 3.8) is 0 Å². The van der Waals surface area contributed by atoms with Crippen LogP contribution in [0.4, 0.5) is 11.4 Å². The van der Waals surface area contributed by atoms with Gasteiger partial charge in [0.25, 0.3) is 11.8 Å². The normalized spacial score (nSPS) is 12.0. The number of benzene rings is 2. The van der Waals surface area contributed by atoms with Crippen molar-refractivity contribution in [1.82, 2.24) is 9.13 Å². The van der Waals surface area contributed by atoms with Crippen LogP contribution in [0.5, 0.6) is 11.8 Å². The van der Waals surface area contributed by atoms with E-state index in [4.69, 9.17) is 23.2 Å². The number of carbonyl (C=O) groups is 2. The van der Waals surface area contributed by atoms with Gasteiger partial charge in [0, 0.05) is 46.7 Å². The molecule has 0 unspecified atom stereocenters. The Labute approximate surface area is 215 Å². The lowest BCUT2D eigenvalue weighted by molar-refractivity contribution is -0.123. The third-order valence-electron chi connectivity index (χ3n) is 5.65. The van der Waals surface area contributed by atoms with Crippen molar-refractivity contribution >= 4 is 68.2 Å². The molecule has 10 nitrogen and oxygen atoms in total. The molecule has 0 radical (unpaired) electrons. The van der Waals surface area contributed by atoms with E-state index >= 15 is 0 Å². The molecule has 0 fully saturated rings. The Morgan fingerprint density at radius 2 is 1.14 bits per heavy atom. The van der Waals surface area contributed by atoms with Gasteiger partial charge in [-0.3, -0.25) is 9.59 Å². The van der Waals surface area contributed by atoms with Crippen LogP contribution in [-0.2, 0) is 22.7 Å². The second-order valence-corrected chi connectivity index (χ2v) is 8.72. The van der Waals surface area contributed by atoms with Crippen molar-refractivity contribution < 1.29 is 19.8 Å². The van der Waals surface area contributed by atoms with Gasteiger partial charge in [0.05, 0.1) is 11.0 Å². The average Bonchev–Trinajstić information content (AvgIpc) is 3.27. The molecule has 0 atom stereocenters. The minimum absolute atomic E-state index is 0.121. The van der Waals surface area contributed by atoms with Crippen LogP contribution in [0, 0.1) is 0 Å². The van der Waals surface area contributed by atoms with Crippen LogP contribution in [0.3, 0.4) is 0 Å². The second kappa shape index (κ2) is 10.5. The van der Waals surface area contributed by atoms with Crippen LogP contribution >= 0.6 is 23.2 Å². The van der Waals surface area contributed by atoms with E-state index in [0.717, 1.165) is 0 Å². The van der Waals surface area contributed by atoms with E-state index in [0.29, 0.717) is 44.9 Å². The highest BCUT2D eigenvalue weighted by atomic mass is 35.5. The summed E-state index contributed by atoms with van der Waals surface area (Å²) < 4.78 is 3.24. The van der Waals surface area contributed by atoms with Crippen molar-refractivity contribution in [2.24, 2.45) is 20.5 Å². The second-order valence-electron chi connectivity index (χ2n) is 7.84. The first-order valence-corrected chi connectivity index (χ1v) is 11.9. The van der Waals surface area contributed by atoms with Crippen LogP contribution in [0.15, 0.2) is 56.9 Å². The fourth-order valence-electron chi connectivity index (χ4n) is 3.95. The van der Waals surface area contributed by atoms with Crippen molar-refractivity contribution in [3.8, 4) is 11.8 Å². The van der Waals surface area contributed by atoms with E-state index in [2.05, 4.69) is 20.5 Å². The van der Waals surface area contributed by atoms with Crippen molar-refractivity contribution in [2.75, 3.05) is 0 Å². The number of nitrogens with zero attached hydrogens (tertiary/aromatic N) is 6. The molecule has 2 heterocycles. The molecule has 0 aliphatic carbocycles. The van der Waals surface area contributed by atoms with Crippen molar-refractivity contribution in [1.29, 1.82) is 0 Å². The van der Waals surface area contributed by atoms with Crippen LogP contribution < -0.4 is 0 Å². The van der Waals surface area contributed by atoms with E-state index in [1.54, 1.807) is 45.5 Å². The standard InChI is InChI=1S/C24H22Cl2N6O4/c1-3-31-17-7-5-13(25)11-15(17)21(23(31)35)29-27-19(33)9-10-20(34)28-30-22-16-12-14(26)6-8-18(16)32(4-2)24(22)36/h5-8,11-12,35-36H,3-4,9-10H2,1-2H3. The number of rotatable bonds is 7. The quantitative estimate of drug-likeness (QED) is 0.248. The SMILES string of the molecule is CCn1c(O)c(N=NC(=O)CCC(=O)N=Nc2c(O)n(CC)c3ccc(Cl)cc23)c2cc(Cl)ccc21. The number of azo groups is 2. The molecule has 4 aromatic rings. The molecule has 2 amide bonds. The summed E-state index contributed by atoms with van der Waals surface area (Å²) in [5.41, 5.74) is 1.64. The molecule has 0 bridgehead atoms. The first-order chi connectivity index (χ1) is 17.2. The summed E-state index contributed by atoms with van der Waals surface area (Å²) in [5, 5.41) is 38.1. The zero-order valence-electron chi connectivity index (χ0n) is 19.4. The van der Waals surface area contributed by atoms with Gasteiger partial charge in [-0.1, -0.05) is 23.2 Å². The molecule has 0 saturated carbocycles.